The van der Waals surface area contributed by atoms with E-state index in [0.717, 1.165) is 13.1 Å². The number of hydrogen-bond donors (Lipinski definition) is 2. The molecule has 88 valence electrons. The highest BCUT2D eigenvalue weighted by atomic mass is 16.3. The smallest absolute Gasteiger partial charge is 0.0494 e. The molecule has 0 fully saturated rings. The number of rotatable bonds is 6. The lowest BCUT2D eigenvalue weighted by Gasteiger charge is -2.22. The normalized spacial score (nSPS) is 17.7. The van der Waals surface area contributed by atoms with Gasteiger partial charge < -0.3 is 10.4 Å². The van der Waals surface area contributed by atoms with Crippen LogP contribution in [-0.2, 0) is 0 Å². The second kappa shape index (κ2) is 6.29. The summed E-state index contributed by atoms with van der Waals surface area (Å²) in [5.74, 6) is 0. The summed E-state index contributed by atoms with van der Waals surface area (Å²) in [5, 5.41) is 12.5. The summed E-state index contributed by atoms with van der Waals surface area (Å²) in [4.78, 5) is 0. The summed E-state index contributed by atoms with van der Waals surface area (Å²) in [5.41, 5.74) is 1.64. The Kier molecular flexibility index (Phi) is 5.34. The number of allylic oxidation sites excluding steroid dienone is 1. The molecule has 15 heavy (non-hydrogen) atoms. The van der Waals surface area contributed by atoms with Crippen molar-refractivity contribution in [2.45, 2.75) is 46.0 Å². The summed E-state index contributed by atoms with van der Waals surface area (Å²) < 4.78 is 0. The van der Waals surface area contributed by atoms with Crippen molar-refractivity contribution in [1.82, 2.24) is 5.32 Å². The Morgan fingerprint density at radius 3 is 2.80 bits per heavy atom. The van der Waals surface area contributed by atoms with Gasteiger partial charge in [0.05, 0.1) is 0 Å². The van der Waals surface area contributed by atoms with Crippen LogP contribution in [0, 0.1) is 5.41 Å². The van der Waals surface area contributed by atoms with Gasteiger partial charge in [-0.3, -0.25) is 0 Å². The van der Waals surface area contributed by atoms with Crippen LogP contribution in [0.1, 0.15) is 46.0 Å². The van der Waals surface area contributed by atoms with E-state index in [1.165, 1.54) is 32.1 Å². The number of aliphatic hydroxyl groups is 1. The third kappa shape index (κ3) is 5.33. The summed E-state index contributed by atoms with van der Waals surface area (Å²) >= 11 is 0. The number of nitrogens with one attached hydrogen (secondary N) is 1. The molecule has 1 rings (SSSR count). The zero-order valence-corrected chi connectivity index (χ0v) is 10.2. The molecule has 0 atom stereocenters. The van der Waals surface area contributed by atoms with Crippen molar-refractivity contribution in [1.29, 1.82) is 0 Å². The molecule has 1 aliphatic rings. The molecule has 0 spiro atoms. The summed E-state index contributed by atoms with van der Waals surface area (Å²) in [6.07, 6.45) is 8.90. The maximum absolute atomic E-state index is 9.09. The van der Waals surface area contributed by atoms with E-state index >= 15 is 0 Å². The highest BCUT2D eigenvalue weighted by Crippen LogP contribution is 2.19. The average molecular weight is 211 g/mol. The van der Waals surface area contributed by atoms with Crippen LogP contribution < -0.4 is 5.32 Å². The van der Waals surface area contributed by atoms with Gasteiger partial charge in [-0.05, 0) is 38.6 Å². The maximum atomic E-state index is 9.09. The standard InChI is InChI=1S/C13H25NO/c1-13(2,11-15)10-14-9-8-12-6-4-3-5-7-12/h6,14-15H,3-5,7-11H2,1-2H3. The maximum Gasteiger partial charge on any atom is 0.0494 e. The summed E-state index contributed by atoms with van der Waals surface area (Å²) in [6, 6.07) is 0. The minimum atomic E-state index is 0.0148. The molecule has 0 aromatic heterocycles. The van der Waals surface area contributed by atoms with Gasteiger partial charge in [0, 0.05) is 18.6 Å². The van der Waals surface area contributed by atoms with Crippen molar-refractivity contribution in [2.75, 3.05) is 19.7 Å². The first kappa shape index (κ1) is 12.7. The van der Waals surface area contributed by atoms with Crippen LogP contribution in [0.4, 0.5) is 0 Å². The van der Waals surface area contributed by atoms with Gasteiger partial charge >= 0.3 is 0 Å². The molecule has 0 aromatic carbocycles. The van der Waals surface area contributed by atoms with Gasteiger partial charge in [0.1, 0.15) is 0 Å². The highest BCUT2D eigenvalue weighted by molar-refractivity contribution is 5.05. The van der Waals surface area contributed by atoms with Crippen molar-refractivity contribution in [2.24, 2.45) is 5.41 Å². The Morgan fingerprint density at radius 2 is 2.20 bits per heavy atom. The average Bonchev–Trinajstić information content (AvgIpc) is 2.26. The van der Waals surface area contributed by atoms with E-state index in [0.29, 0.717) is 0 Å². The van der Waals surface area contributed by atoms with Crippen LogP contribution in [-0.4, -0.2) is 24.8 Å². The zero-order chi connectivity index (χ0) is 11.1. The molecule has 2 N–H and O–H groups in total. The summed E-state index contributed by atoms with van der Waals surface area (Å²) in [6.45, 7) is 6.37. The van der Waals surface area contributed by atoms with Crippen LogP contribution in [0.3, 0.4) is 0 Å². The van der Waals surface area contributed by atoms with Gasteiger partial charge in [0.15, 0.2) is 0 Å². The predicted molar refractivity (Wildman–Crippen MR) is 64.9 cm³/mol. The Labute approximate surface area is 93.8 Å². The first-order valence-corrected chi connectivity index (χ1v) is 6.13. The van der Waals surface area contributed by atoms with E-state index in [2.05, 4.69) is 25.2 Å². The predicted octanol–water partition coefficient (Wildman–Crippen LogP) is 2.49. The third-order valence-corrected chi connectivity index (χ3v) is 3.04. The molecular weight excluding hydrogens is 186 g/mol. The molecule has 0 aromatic rings. The molecule has 0 aliphatic heterocycles. The molecule has 0 bridgehead atoms. The molecule has 0 amide bonds. The molecule has 2 nitrogen and oxygen atoms in total. The van der Waals surface area contributed by atoms with Gasteiger partial charge in [0.25, 0.3) is 0 Å². The molecule has 0 saturated carbocycles. The van der Waals surface area contributed by atoms with E-state index < -0.39 is 0 Å². The van der Waals surface area contributed by atoms with Gasteiger partial charge in [0.2, 0.25) is 0 Å². The minimum Gasteiger partial charge on any atom is -0.396 e. The Morgan fingerprint density at radius 1 is 1.40 bits per heavy atom. The van der Waals surface area contributed by atoms with E-state index in [1.54, 1.807) is 5.57 Å². The molecule has 0 heterocycles. The van der Waals surface area contributed by atoms with E-state index in [4.69, 9.17) is 5.11 Å². The monoisotopic (exact) mass is 211 g/mol. The molecule has 0 radical (unpaired) electrons. The highest BCUT2D eigenvalue weighted by Gasteiger charge is 2.15. The molecule has 1 aliphatic carbocycles. The molecule has 0 unspecified atom stereocenters. The van der Waals surface area contributed by atoms with E-state index in [-0.39, 0.29) is 12.0 Å². The molecule has 0 saturated heterocycles. The minimum absolute atomic E-state index is 0.0148. The van der Waals surface area contributed by atoms with Crippen molar-refractivity contribution in [3.8, 4) is 0 Å². The van der Waals surface area contributed by atoms with E-state index in [1.807, 2.05) is 0 Å². The van der Waals surface area contributed by atoms with Crippen LogP contribution in [0.15, 0.2) is 11.6 Å². The van der Waals surface area contributed by atoms with Gasteiger partial charge in [-0.1, -0.05) is 25.5 Å². The first-order chi connectivity index (χ1) is 7.14. The lowest BCUT2D eigenvalue weighted by Crippen LogP contribution is -2.32. The largest absolute Gasteiger partial charge is 0.396 e. The van der Waals surface area contributed by atoms with Crippen molar-refractivity contribution < 1.29 is 5.11 Å². The molecular formula is C13H25NO. The van der Waals surface area contributed by atoms with Crippen LogP contribution in [0.25, 0.3) is 0 Å². The third-order valence-electron chi connectivity index (χ3n) is 3.04. The fourth-order valence-electron chi connectivity index (χ4n) is 1.86. The van der Waals surface area contributed by atoms with Gasteiger partial charge in [-0.2, -0.15) is 0 Å². The molecule has 2 heteroatoms. The van der Waals surface area contributed by atoms with Gasteiger partial charge in [-0.25, -0.2) is 0 Å². The Bertz CT molecular complexity index is 209. The summed E-state index contributed by atoms with van der Waals surface area (Å²) in [7, 11) is 0. The van der Waals surface area contributed by atoms with Crippen LogP contribution in [0.2, 0.25) is 0 Å². The second-order valence-electron chi connectivity index (χ2n) is 5.36. The number of aliphatic hydroxyl groups excluding tert-OH is 1. The van der Waals surface area contributed by atoms with Gasteiger partial charge in [-0.15, -0.1) is 0 Å². The quantitative estimate of drug-likeness (QED) is 0.522. The Balaban J connectivity index is 2.08. The Hall–Kier alpha value is -0.340. The van der Waals surface area contributed by atoms with Crippen molar-refractivity contribution >= 4 is 0 Å². The van der Waals surface area contributed by atoms with Crippen LogP contribution >= 0.6 is 0 Å². The fraction of sp³-hybridized carbons (Fsp3) is 0.846. The topological polar surface area (TPSA) is 32.3 Å². The lowest BCUT2D eigenvalue weighted by molar-refractivity contribution is 0.157. The SMILES string of the molecule is CC(C)(CO)CNCCC1=CCCCC1. The second-order valence-corrected chi connectivity index (χ2v) is 5.36. The van der Waals surface area contributed by atoms with Crippen molar-refractivity contribution in [3.63, 3.8) is 0 Å². The number of hydrogen-bond acceptors (Lipinski definition) is 2. The fourth-order valence-corrected chi connectivity index (χ4v) is 1.86. The first-order valence-electron chi connectivity index (χ1n) is 6.13. The van der Waals surface area contributed by atoms with Crippen molar-refractivity contribution in [3.05, 3.63) is 11.6 Å². The lowest BCUT2D eigenvalue weighted by atomic mass is 9.94. The van der Waals surface area contributed by atoms with Crippen LogP contribution in [0.5, 0.6) is 0 Å². The van der Waals surface area contributed by atoms with E-state index in [9.17, 15) is 0 Å². The zero-order valence-electron chi connectivity index (χ0n) is 10.2.